The predicted molar refractivity (Wildman–Crippen MR) is 91.5 cm³/mol. The van der Waals surface area contributed by atoms with Crippen LogP contribution in [0.15, 0.2) is 48.8 Å². The Labute approximate surface area is 141 Å². The van der Waals surface area contributed by atoms with Crippen LogP contribution in [-0.2, 0) is 11.2 Å². The first-order valence-electron chi connectivity index (χ1n) is 8.22. The van der Waals surface area contributed by atoms with Gasteiger partial charge in [-0.05, 0) is 18.1 Å². The summed E-state index contributed by atoms with van der Waals surface area (Å²) >= 11 is 0. The molecule has 1 saturated heterocycles. The second-order valence-electron chi connectivity index (χ2n) is 6.06. The molecule has 3 rings (SSSR count). The van der Waals surface area contributed by atoms with Crippen LogP contribution in [-0.4, -0.2) is 46.7 Å². The fourth-order valence-electron chi connectivity index (χ4n) is 3.02. The molecule has 2 atom stereocenters. The molecule has 0 bridgehead atoms. The zero-order valence-electron chi connectivity index (χ0n) is 13.5. The Hall–Kier alpha value is -2.47. The molecule has 2 aromatic rings. The predicted octanol–water partition coefficient (Wildman–Crippen LogP) is 1.02. The smallest absolute Gasteiger partial charge is 0.225 e. The minimum Gasteiger partial charge on any atom is -0.396 e. The first-order chi connectivity index (χ1) is 11.8. The topological polar surface area (TPSA) is 78.4 Å². The number of aryl methyl sites for hydroxylation is 1. The summed E-state index contributed by atoms with van der Waals surface area (Å²) in [5.41, 5.74) is 1.15. The average Bonchev–Trinajstić information content (AvgIpc) is 3.04. The number of aliphatic hydroxyl groups is 1. The summed E-state index contributed by atoms with van der Waals surface area (Å²) in [7, 11) is 0. The molecule has 1 aliphatic heterocycles. The number of rotatable bonds is 6. The number of hydrogen-bond acceptors (Lipinski definition) is 5. The summed E-state index contributed by atoms with van der Waals surface area (Å²) in [4.78, 5) is 22.7. The van der Waals surface area contributed by atoms with Crippen molar-refractivity contribution < 1.29 is 9.90 Å². The molecular formula is C18H22N4O2. The van der Waals surface area contributed by atoms with Crippen LogP contribution in [0, 0.1) is 5.92 Å². The Morgan fingerprint density at radius 3 is 2.62 bits per heavy atom. The van der Waals surface area contributed by atoms with Crippen LogP contribution in [0.25, 0.3) is 0 Å². The average molecular weight is 326 g/mol. The molecule has 24 heavy (non-hydrogen) atoms. The zero-order valence-corrected chi connectivity index (χ0v) is 13.5. The van der Waals surface area contributed by atoms with Gasteiger partial charge in [-0.25, -0.2) is 9.97 Å². The highest BCUT2D eigenvalue weighted by molar-refractivity contribution is 5.76. The van der Waals surface area contributed by atoms with E-state index in [2.05, 4.69) is 15.3 Å². The summed E-state index contributed by atoms with van der Waals surface area (Å²) in [6.07, 6.45) is 4.55. The highest BCUT2D eigenvalue weighted by atomic mass is 16.3. The van der Waals surface area contributed by atoms with Gasteiger partial charge in [0.25, 0.3) is 0 Å². The molecule has 2 heterocycles. The number of benzene rings is 1. The van der Waals surface area contributed by atoms with Crippen molar-refractivity contribution in [3.05, 3.63) is 54.4 Å². The lowest BCUT2D eigenvalue weighted by Gasteiger charge is -2.18. The van der Waals surface area contributed by atoms with Gasteiger partial charge in [-0.2, -0.15) is 0 Å². The van der Waals surface area contributed by atoms with E-state index in [0.29, 0.717) is 31.9 Å². The first kappa shape index (κ1) is 16.4. The molecule has 0 radical (unpaired) electrons. The molecule has 1 fully saturated rings. The van der Waals surface area contributed by atoms with Crippen LogP contribution in [0.1, 0.15) is 12.0 Å². The van der Waals surface area contributed by atoms with Crippen molar-refractivity contribution >= 4 is 11.9 Å². The molecule has 0 aliphatic carbocycles. The van der Waals surface area contributed by atoms with Gasteiger partial charge in [-0.15, -0.1) is 0 Å². The van der Waals surface area contributed by atoms with Crippen molar-refractivity contribution in [1.29, 1.82) is 0 Å². The molecular weight excluding hydrogens is 304 g/mol. The third-order valence-electron chi connectivity index (χ3n) is 4.34. The van der Waals surface area contributed by atoms with Gasteiger partial charge >= 0.3 is 0 Å². The molecule has 1 aliphatic rings. The molecule has 0 saturated carbocycles. The SMILES string of the molecule is O=C(CCc1ccccc1)N[C@@H]1CN(c2ncccn2)C[C@H]1CO. The molecule has 2 N–H and O–H groups in total. The molecule has 1 amide bonds. The maximum atomic E-state index is 12.2. The second-order valence-corrected chi connectivity index (χ2v) is 6.06. The maximum absolute atomic E-state index is 12.2. The van der Waals surface area contributed by atoms with Crippen LogP contribution >= 0.6 is 0 Å². The highest BCUT2D eigenvalue weighted by Gasteiger charge is 2.34. The standard InChI is InChI=1S/C18H22N4O2/c23-13-15-11-22(18-19-9-4-10-20-18)12-16(15)21-17(24)8-7-14-5-2-1-3-6-14/h1-6,9-10,15-16,23H,7-8,11-13H2,(H,21,24)/t15-,16+/m0/s1. The number of carbonyl (C=O) groups is 1. The Morgan fingerprint density at radius 2 is 1.92 bits per heavy atom. The fourth-order valence-corrected chi connectivity index (χ4v) is 3.02. The molecule has 6 heteroatoms. The molecule has 6 nitrogen and oxygen atoms in total. The van der Waals surface area contributed by atoms with Crippen LogP contribution in [0.5, 0.6) is 0 Å². The van der Waals surface area contributed by atoms with Gasteiger partial charge in [-0.3, -0.25) is 4.79 Å². The summed E-state index contributed by atoms with van der Waals surface area (Å²) in [5, 5.41) is 12.7. The van der Waals surface area contributed by atoms with Crippen molar-refractivity contribution in [3.63, 3.8) is 0 Å². The van der Waals surface area contributed by atoms with Gasteiger partial charge in [0.1, 0.15) is 0 Å². The van der Waals surface area contributed by atoms with Crippen LogP contribution < -0.4 is 10.2 Å². The summed E-state index contributed by atoms with van der Waals surface area (Å²) in [6.45, 7) is 1.30. The Morgan fingerprint density at radius 1 is 1.17 bits per heavy atom. The third-order valence-corrected chi connectivity index (χ3v) is 4.34. The Kier molecular flexibility index (Phi) is 5.38. The minimum absolute atomic E-state index is 0.00511. The molecule has 1 aromatic carbocycles. The van der Waals surface area contributed by atoms with Gasteiger partial charge in [0.05, 0.1) is 6.04 Å². The van der Waals surface area contributed by atoms with E-state index in [1.807, 2.05) is 35.2 Å². The van der Waals surface area contributed by atoms with E-state index in [1.165, 1.54) is 0 Å². The maximum Gasteiger partial charge on any atom is 0.225 e. The minimum atomic E-state index is -0.0814. The largest absolute Gasteiger partial charge is 0.396 e. The van der Waals surface area contributed by atoms with Gasteiger partial charge in [0.15, 0.2) is 0 Å². The number of amides is 1. The van der Waals surface area contributed by atoms with E-state index < -0.39 is 0 Å². The zero-order chi connectivity index (χ0) is 16.8. The quantitative estimate of drug-likeness (QED) is 0.829. The number of anilines is 1. The lowest BCUT2D eigenvalue weighted by Crippen LogP contribution is -2.41. The van der Waals surface area contributed by atoms with E-state index in [-0.39, 0.29) is 24.5 Å². The van der Waals surface area contributed by atoms with Gasteiger partial charge < -0.3 is 15.3 Å². The lowest BCUT2D eigenvalue weighted by atomic mass is 10.0. The van der Waals surface area contributed by atoms with Crippen LogP contribution in [0.4, 0.5) is 5.95 Å². The van der Waals surface area contributed by atoms with E-state index in [9.17, 15) is 9.90 Å². The van der Waals surface area contributed by atoms with E-state index >= 15 is 0 Å². The number of carbonyl (C=O) groups excluding carboxylic acids is 1. The number of nitrogens with zero attached hydrogens (tertiary/aromatic N) is 3. The highest BCUT2D eigenvalue weighted by Crippen LogP contribution is 2.20. The fraction of sp³-hybridized carbons (Fsp3) is 0.389. The van der Waals surface area contributed by atoms with Crippen molar-refractivity contribution in [2.24, 2.45) is 5.92 Å². The Balaban J connectivity index is 1.54. The third kappa shape index (κ3) is 4.08. The van der Waals surface area contributed by atoms with Crippen molar-refractivity contribution in [3.8, 4) is 0 Å². The second kappa shape index (κ2) is 7.88. The van der Waals surface area contributed by atoms with E-state index in [4.69, 9.17) is 0 Å². The van der Waals surface area contributed by atoms with Crippen molar-refractivity contribution in [1.82, 2.24) is 15.3 Å². The summed E-state index contributed by atoms with van der Waals surface area (Å²) < 4.78 is 0. The van der Waals surface area contributed by atoms with Crippen LogP contribution in [0.2, 0.25) is 0 Å². The lowest BCUT2D eigenvalue weighted by molar-refractivity contribution is -0.121. The molecule has 126 valence electrons. The van der Waals surface area contributed by atoms with Gasteiger partial charge in [-0.1, -0.05) is 30.3 Å². The number of nitrogens with one attached hydrogen (secondary N) is 1. The van der Waals surface area contributed by atoms with E-state index in [0.717, 1.165) is 5.56 Å². The number of aliphatic hydroxyl groups excluding tert-OH is 1. The Bertz CT molecular complexity index is 651. The summed E-state index contributed by atoms with van der Waals surface area (Å²) in [5.74, 6) is 0.643. The first-order valence-corrected chi connectivity index (χ1v) is 8.22. The van der Waals surface area contributed by atoms with Crippen LogP contribution in [0.3, 0.4) is 0 Å². The monoisotopic (exact) mass is 326 g/mol. The number of aromatic nitrogens is 2. The summed E-state index contributed by atoms with van der Waals surface area (Å²) in [6, 6.07) is 11.7. The van der Waals surface area contributed by atoms with Crippen molar-refractivity contribution in [2.75, 3.05) is 24.6 Å². The van der Waals surface area contributed by atoms with Gasteiger partial charge in [0.2, 0.25) is 11.9 Å². The van der Waals surface area contributed by atoms with Crippen molar-refractivity contribution in [2.45, 2.75) is 18.9 Å². The molecule has 0 unspecified atom stereocenters. The number of hydrogen-bond donors (Lipinski definition) is 2. The molecule has 0 spiro atoms. The van der Waals surface area contributed by atoms with Gasteiger partial charge in [0, 0.05) is 44.4 Å². The normalized spacial score (nSPS) is 20.1. The van der Waals surface area contributed by atoms with E-state index in [1.54, 1.807) is 18.5 Å². The molecule has 1 aromatic heterocycles.